The highest BCUT2D eigenvalue weighted by Crippen LogP contribution is 2.09. The van der Waals surface area contributed by atoms with Gasteiger partial charge in [0.1, 0.15) is 0 Å². The third kappa shape index (κ3) is 4.35. The van der Waals surface area contributed by atoms with Gasteiger partial charge in [-0.25, -0.2) is 4.79 Å². The summed E-state index contributed by atoms with van der Waals surface area (Å²) >= 11 is 0. The summed E-state index contributed by atoms with van der Waals surface area (Å²) in [6, 6.07) is 6.58. The molecular weight excluding hydrogens is 258 g/mol. The molecule has 1 aliphatic rings. The van der Waals surface area contributed by atoms with Crippen molar-refractivity contribution in [2.24, 2.45) is 0 Å². The van der Waals surface area contributed by atoms with Crippen LogP contribution in [0.5, 0.6) is 0 Å². The molecule has 1 amide bonds. The zero-order valence-corrected chi connectivity index (χ0v) is 11.3. The normalized spacial score (nSPS) is 19.1. The molecule has 0 aromatic heterocycles. The van der Waals surface area contributed by atoms with Gasteiger partial charge < -0.3 is 15.2 Å². The molecule has 1 aromatic carbocycles. The third-order valence-electron chi connectivity index (χ3n) is 3.38. The molecule has 1 unspecified atom stereocenters. The van der Waals surface area contributed by atoms with E-state index in [4.69, 9.17) is 9.84 Å². The molecule has 20 heavy (non-hydrogen) atoms. The van der Waals surface area contributed by atoms with E-state index in [0.29, 0.717) is 6.61 Å². The van der Waals surface area contributed by atoms with Crippen molar-refractivity contribution in [3.8, 4) is 0 Å². The second-order valence-electron chi connectivity index (χ2n) is 4.99. The molecule has 108 valence electrons. The summed E-state index contributed by atoms with van der Waals surface area (Å²) in [5, 5.41) is 11.8. The lowest BCUT2D eigenvalue weighted by atomic mass is 10.1. The van der Waals surface area contributed by atoms with Crippen molar-refractivity contribution in [1.82, 2.24) is 5.32 Å². The van der Waals surface area contributed by atoms with Crippen LogP contribution >= 0.6 is 0 Å². The maximum atomic E-state index is 11.9. The Morgan fingerprint density at radius 2 is 1.95 bits per heavy atom. The number of rotatable bonds is 4. The molecule has 1 atom stereocenters. The highest BCUT2D eigenvalue weighted by atomic mass is 16.5. The Labute approximate surface area is 117 Å². The molecule has 0 aliphatic carbocycles. The summed E-state index contributed by atoms with van der Waals surface area (Å²) in [4.78, 5) is 22.7. The van der Waals surface area contributed by atoms with Gasteiger partial charge in [0.25, 0.3) is 0 Å². The Morgan fingerprint density at radius 3 is 2.65 bits per heavy atom. The number of ether oxygens (including phenoxy) is 1. The number of nitrogens with one attached hydrogen (secondary N) is 1. The SMILES string of the molecule is O=C(Cc1ccc(C(=O)O)cc1)NC1CCCOCC1. The van der Waals surface area contributed by atoms with Gasteiger partial charge in [-0.1, -0.05) is 12.1 Å². The van der Waals surface area contributed by atoms with Gasteiger partial charge in [0.2, 0.25) is 5.91 Å². The van der Waals surface area contributed by atoms with Crippen LogP contribution in [0, 0.1) is 0 Å². The predicted molar refractivity (Wildman–Crippen MR) is 73.7 cm³/mol. The van der Waals surface area contributed by atoms with Gasteiger partial charge in [-0.15, -0.1) is 0 Å². The predicted octanol–water partition coefficient (Wildman–Crippen LogP) is 1.61. The third-order valence-corrected chi connectivity index (χ3v) is 3.38. The van der Waals surface area contributed by atoms with E-state index in [1.54, 1.807) is 12.1 Å². The first kappa shape index (κ1) is 14.5. The molecule has 1 saturated heterocycles. The lowest BCUT2D eigenvalue weighted by molar-refractivity contribution is -0.121. The summed E-state index contributed by atoms with van der Waals surface area (Å²) in [6.45, 7) is 1.46. The minimum absolute atomic E-state index is 0.0278. The van der Waals surface area contributed by atoms with Crippen molar-refractivity contribution < 1.29 is 19.4 Å². The molecule has 1 aromatic rings. The molecule has 1 fully saturated rings. The first-order chi connectivity index (χ1) is 9.65. The van der Waals surface area contributed by atoms with Crippen LogP contribution in [0.3, 0.4) is 0 Å². The number of benzene rings is 1. The smallest absolute Gasteiger partial charge is 0.335 e. The summed E-state index contributed by atoms with van der Waals surface area (Å²) in [5.74, 6) is -0.987. The standard InChI is InChI=1S/C15H19NO4/c17-14(16-13-2-1-8-20-9-7-13)10-11-3-5-12(6-4-11)15(18)19/h3-6,13H,1-2,7-10H2,(H,16,17)(H,18,19). The number of hydrogen-bond acceptors (Lipinski definition) is 3. The van der Waals surface area contributed by atoms with Crippen LogP contribution in [0.4, 0.5) is 0 Å². The van der Waals surface area contributed by atoms with Crippen LogP contribution in [0.15, 0.2) is 24.3 Å². The largest absolute Gasteiger partial charge is 0.478 e. The zero-order chi connectivity index (χ0) is 14.4. The molecule has 1 aliphatic heterocycles. The van der Waals surface area contributed by atoms with E-state index in [1.807, 2.05) is 0 Å². The summed E-state index contributed by atoms with van der Waals surface area (Å²) in [7, 11) is 0. The summed E-state index contributed by atoms with van der Waals surface area (Å²) < 4.78 is 5.35. The Hall–Kier alpha value is -1.88. The molecule has 5 nitrogen and oxygen atoms in total. The molecule has 5 heteroatoms. The first-order valence-corrected chi connectivity index (χ1v) is 6.84. The number of aromatic carboxylic acids is 1. The number of carbonyl (C=O) groups excluding carboxylic acids is 1. The molecule has 0 saturated carbocycles. The summed E-state index contributed by atoms with van der Waals surface area (Å²) in [5.41, 5.74) is 1.05. The van der Waals surface area contributed by atoms with Crippen molar-refractivity contribution in [3.63, 3.8) is 0 Å². The molecule has 1 heterocycles. The Balaban J connectivity index is 1.85. The molecule has 2 N–H and O–H groups in total. The zero-order valence-electron chi connectivity index (χ0n) is 11.3. The summed E-state index contributed by atoms with van der Waals surface area (Å²) in [6.07, 6.45) is 3.04. The minimum atomic E-state index is -0.959. The fraction of sp³-hybridized carbons (Fsp3) is 0.467. The van der Waals surface area contributed by atoms with E-state index in [1.165, 1.54) is 12.1 Å². The minimum Gasteiger partial charge on any atom is -0.478 e. The van der Waals surface area contributed by atoms with Crippen molar-refractivity contribution in [3.05, 3.63) is 35.4 Å². The van der Waals surface area contributed by atoms with Crippen molar-refractivity contribution in [2.45, 2.75) is 31.7 Å². The van der Waals surface area contributed by atoms with Gasteiger partial charge in [-0.3, -0.25) is 4.79 Å². The number of carboxylic acid groups (broad SMARTS) is 1. The molecule has 0 radical (unpaired) electrons. The van der Waals surface area contributed by atoms with E-state index in [9.17, 15) is 9.59 Å². The van der Waals surface area contributed by atoms with Gasteiger partial charge in [0.05, 0.1) is 12.0 Å². The van der Waals surface area contributed by atoms with Crippen LogP contribution in [0.2, 0.25) is 0 Å². The van der Waals surface area contributed by atoms with Crippen molar-refractivity contribution in [1.29, 1.82) is 0 Å². The van der Waals surface area contributed by atoms with E-state index >= 15 is 0 Å². The number of carboxylic acids is 1. The monoisotopic (exact) mass is 277 g/mol. The first-order valence-electron chi connectivity index (χ1n) is 6.84. The lowest BCUT2D eigenvalue weighted by Gasteiger charge is -2.15. The van der Waals surface area contributed by atoms with Crippen LogP contribution in [-0.2, 0) is 16.0 Å². The average Bonchev–Trinajstić information content (AvgIpc) is 2.68. The van der Waals surface area contributed by atoms with E-state index < -0.39 is 5.97 Å². The van der Waals surface area contributed by atoms with Gasteiger partial charge in [-0.05, 0) is 37.0 Å². The van der Waals surface area contributed by atoms with Crippen LogP contribution in [0.1, 0.15) is 35.2 Å². The molecule has 0 spiro atoms. The fourth-order valence-electron chi connectivity index (χ4n) is 2.28. The van der Waals surface area contributed by atoms with Gasteiger partial charge in [-0.2, -0.15) is 0 Å². The number of hydrogen-bond donors (Lipinski definition) is 2. The van der Waals surface area contributed by atoms with Crippen LogP contribution in [0.25, 0.3) is 0 Å². The van der Waals surface area contributed by atoms with E-state index in [-0.39, 0.29) is 23.9 Å². The van der Waals surface area contributed by atoms with Crippen LogP contribution < -0.4 is 5.32 Å². The Bertz CT molecular complexity index is 461. The van der Waals surface area contributed by atoms with E-state index in [0.717, 1.165) is 31.4 Å². The Morgan fingerprint density at radius 1 is 1.20 bits per heavy atom. The van der Waals surface area contributed by atoms with Crippen molar-refractivity contribution >= 4 is 11.9 Å². The maximum Gasteiger partial charge on any atom is 0.335 e. The quantitative estimate of drug-likeness (QED) is 0.876. The lowest BCUT2D eigenvalue weighted by Crippen LogP contribution is -2.36. The number of amides is 1. The van der Waals surface area contributed by atoms with Gasteiger partial charge >= 0.3 is 5.97 Å². The van der Waals surface area contributed by atoms with Gasteiger partial charge in [0, 0.05) is 19.3 Å². The second-order valence-corrected chi connectivity index (χ2v) is 4.99. The van der Waals surface area contributed by atoms with Crippen LogP contribution in [-0.4, -0.2) is 36.2 Å². The molecular formula is C15H19NO4. The maximum absolute atomic E-state index is 11.9. The second kappa shape index (κ2) is 7.05. The van der Waals surface area contributed by atoms with Gasteiger partial charge in [0.15, 0.2) is 0 Å². The highest BCUT2D eigenvalue weighted by molar-refractivity contribution is 5.87. The Kier molecular flexibility index (Phi) is 5.12. The highest BCUT2D eigenvalue weighted by Gasteiger charge is 2.15. The average molecular weight is 277 g/mol. The van der Waals surface area contributed by atoms with Crippen molar-refractivity contribution in [2.75, 3.05) is 13.2 Å². The number of carbonyl (C=O) groups is 2. The molecule has 2 rings (SSSR count). The fourth-order valence-corrected chi connectivity index (χ4v) is 2.28. The molecule has 0 bridgehead atoms. The topological polar surface area (TPSA) is 75.6 Å². The van der Waals surface area contributed by atoms with E-state index in [2.05, 4.69) is 5.32 Å².